The van der Waals surface area contributed by atoms with Crippen molar-refractivity contribution in [1.29, 1.82) is 0 Å². The van der Waals surface area contributed by atoms with Gasteiger partial charge in [0, 0.05) is 13.2 Å². The van der Waals surface area contributed by atoms with Gasteiger partial charge in [-0.1, -0.05) is 55.7 Å². The molecule has 0 bridgehead atoms. The molecule has 1 aliphatic heterocycles. The molecule has 1 rings (SSSR count). The van der Waals surface area contributed by atoms with E-state index in [0.29, 0.717) is 37.6 Å². The van der Waals surface area contributed by atoms with E-state index in [2.05, 4.69) is 80.5 Å². The number of allylic oxidation sites excluding steroid dienone is 6. The summed E-state index contributed by atoms with van der Waals surface area (Å²) in [5.74, 6) is 1.54. The minimum atomic E-state index is -0.987. The summed E-state index contributed by atoms with van der Waals surface area (Å²) >= 11 is 0. The Morgan fingerprint density at radius 2 is 1.00 bits per heavy atom. The molecule has 0 saturated carbocycles. The molecule has 1 heterocycles. The molecule has 246 valence electrons. The second kappa shape index (κ2) is 22.5. The molecule has 2 N–H and O–H groups in total. The van der Waals surface area contributed by atoms with Gasteiger partial charge in [-0.15, -0.1) is 0 Å². The molecule has 0 aromatic carbocycles. The van der Waals surface area contributed by atoms with Crippen LogP contribution in [-0.2, 0) is 18.9 Å². The third kappa shape index (κ3) is 17.3. The number of aliphatic hydroxyl groups is 2. The molecule has 4 unspecified atom stereocenters. The zero-order chi connectivity index (χ0) is 31.5. The topological polar surface area (TPSA) is 77.4 Å². The van der Waals surface area contributed by atoms with E-state index in [1.54, 1.807) is 0 Å². The summed E-state index contributed by atoms with van der Waals surface area (Å²) in [5.41, 5.74) is 4.04. The molecule has 8 atom stereocenters. The average molecular weight is 595 g/mol. The van der Waals surface area contributed by atoms with Crippen LogP contribution in [-0.4, -0.2) is 67.3 Å². The van der Waals surface area contributed by atoms with Crippen molar-refractivity contribution in [3.8, 4) is 0 Å². The lowest BCUT2D eigenvalue weighted by molar-refractivity contribution is -0.317. The van der Waals surface area contributed by atoms with Gasteiger partial charge in [-0.3, -0.25) is 0 Å². The van der Waals surface area contributed by atoms with Crippen molar-refractivity contribution in [2.24, 2.45) is 17.8 Å². The van der Waals surface area contributed by atoms with E-state index in [0.717, 1.165) is 57.8 Å². The second-order valence-corrected chi connectivity index (χ2v) is 13.5. The van der Waals surface area contributed by atoms with Gasteiger partial charge in [-0.2, -0.15) is 0 Å². The molecule has 1 saturated heterocycles. The summed E-state index contributed by atoms with van der Waals surface area (Å²) < 4.78 is 25.1. The summed E-state index contributed by atoms with van der Waals surface area (Å²) in [4.78, 5) is 0. The highest BCUT2D eigenvalue weighted by Gasteiger charge is 2.47. The third-order valence-electron chi connectivity index (χ3n) is 8.17. The second-order valence-electron chi connectivity index (χ2n) is 13.5. The standard InChI is InChI=1S/C36H66O6/c1-26(2)13-10-16-29(7)19-22-39-34-33(38)32(25-37)42-36(41-24-21-31(9)18-12-15-28(5)6)35(34)40-23-20-30(8)17-11-14-27(3)4/h13-15,29-38H,10-12,16-25H2,1-9H3/t29?,30?,31?,32-,33-,34+,35-,36?/m1/s1. The summed E-state index contributed by atoms with van der Waals surface area (Å²) in [6.07, 6.45) is 12.5. The third-order valence-corrected chi connectivity index (χ3v) is 8.17. The molecular weight excluding hydrogens is 528 g/mol. The smallest absolute Gasteiger partial charge is 0.186 e. The van der Waals surface area contributed by atoms with Gasteiger partial charge >= 0.3 is 0 Å². The molecule has 0 aromatic rings. The van der Waals surface area contributed by atoms with Crippen LogP contribution in [0.15, 0.2) is 34.9 Å². The van der Waals surface area contributed by atoms with E-state index in [4.69, 9.17) is 18.9 Å². The Kier molecular flexibility index (Phi) is 20.9. The van der Waals surface area contributed by atoms with Crippen molar-refractivity contribution in [2.75, 3.05) is 26.4 Å². The first kappa shape index (κ1) is 39.0. The van der Waals surface area contributed by atoms with Crippen LogP contribution in [0.4, 0.5) is 0 Å². The Morgan fingerprint density at radius 1 is 0.619 bits per heavy atom. The summed E-state index contributed by atoms with van der Waals surface area (Å²) in [7, 11) is 0. The quantitative estimate of drug-likeness (QED) is 0.123. The highest BCUT2D eigenvalue weighted by atomic mass is 16.7. The zero-order valence-electron chi connectivity index (χ0n) is 28.6. The van der Waals surface area contributed by atoms with E-state index >= 15 is 0 Å². The predicted molar refractivity (Wildman–Crippen MR) is 175 cm³/mol. The van der Waals surface area contributed by atoms with Crippen molar-refractivity contribution < 1.29 is 29.2 Å². The maximum atomic E-state index is 11.2. The number of hydrogen-bond donors (Lipinski definition) is 2. The largest absolute Gasteiger partial charge is 0.394 e. The maximum Gasteiger partial charge on any atom is 0.186 e. The van der Waals surface area contributed by atoms with Gasteiger partial charge < -0.3 is 29.2 Å². The first-order valence-corrected chi connectivity index (χ1v) is 16.6. The summed E-state index contributed by atoms with van der Waals surface area (Å²) in [6.45, 7) is 20.8. The number of ether oxygens (including phenoxy) is 4. The Balaban J connectivity index is 2.86. The Hall–Kier alpha value is -1.02. The lowest BCUT2D eigenvalue weighted by Crippen LogP contribution is -2.61. The van der Waals surface area contributed by atoms with Crippen molar-refractivity contribution >= 4 is 0 Å². The van der Waals surface area contributed by atoms with Crippen LogP contribution < -0.4 is 0 Å². The zero-order valence-corrected chi connectivity index (χ0v) is 28.6. The lowest BCUT2D eigenvalue weighted by atomic mass is 9.97. The van der Waals surface area contributed by atoms with Crippen LogP contribution in [0.1, 0.15) is 120 Å². The van der Waals surface area contributed by atoms with Crippen LogP contribution >= 0.6 is 0 Å². The number of hydrogen-bond acceptors (Lipinski definition) is 6. The van der Waals surface area contributed by atoms with E-state index in [-0.39, 0.29) is 6.61 Å². The van der Waals surface area contributed by atoms with Crippen molar-refractivity contribution in [2.45, 2.75) is 151 Å². The Labute approximate surface area is 258 Å². The first-order valence-electron chi connectivity index (χ1n) is 16.6. The molecule has 6 nitrogen and oxygen atoms in total. The first-order chi connectivity index (χ1) is 19.9. The van der Waals surface area contributed by atoms with Crippen LogP contribution in [0, 0.1) is 17.8 Å². The van der Waals surface area contributed by atoms with Crippen LogP contribution in [0.3, 0.4) is 0 Å². The van der Waals surface area contributed by atoms with Crippen LogP contribution in [0.5, 0.6) is 0 Å². The number of aliphatic hydroxyl groups excluding tert-OH is 2. The Morgan fingerprint density at radius 3 is 1.38 bits per heavy atom. The van der Waals surface area contributed by atoms with E-state index < -0.39 is 30.7 Å². The lowest BCUT2D eigenvalue weighted by Gasteiger charge is -2.44. The van der Waals surface area contributed by atoms with Gasteiger partial charge in [0.15, 0.2) is 6.29 Å². The molecule has 0 aliphatic carbocycles. The van der Waals surface area contributed by atoms with Crippen LogP contribution in [0.25, 0.3) is 0 Å². The van der Waals surface area contributed by atoms with Gasteiger partial charge in [-0.05, 0) is 117 Å². The molecule has 0 amide bonds. The van der Waals surface area contributed by atoms with Gasteiger partial charge in [-0.25, -0.2) is 0 Å². The minimum absolute atomic E-state index is 0.298. The monoisotopic (exact) mass is 594 g/mol. The highest BCUT2D eigenvalue weighted by Crippen LogP contribution is 2.29. The van der Waals surface area contributed by atoms with Gasteiger partial charge in [0.2, 0.25) is 0 Å². The Bertz CT molecular complexity index is 778. The fourth-order valence-corrected chi connectivity index (χ4v) is 5.14. The molecule has 0 spiro atoms. The average Bonchev–Trinajstić information content (AvgIpc) is 2.90. The number of rotatable bonds is 22. The fourth-order valence-electron chi connectivity index (χ4n) is 5.14. The van der Waals surface area contributed by atoms with Crippen molar-refractivity contribution in [3.63, 3.8) is 0 Å². The highest BCUT2D eigenvalue weighted by molar-refractivity contribution is 4.95. The van der Waals surface area contributed by atoms with E-state index in [1.165, 1.54) is 16.7 Å². The molecule has 0 aromatic heterocycles. The fraction of sp³-hybridized carbons (Fsp3) is 0.833. The van der Waals surface area contributed by atoms with Crippen molar-refractivity contribution in [1.82, 2.24) is 0 Å². The molecule has 6 heteroatoms. The van der Waals surface area contributed by atoms with E-state index in [1.807, 2.05) is 0 Å². The van der Waals surface area contributed by atoms with E-state index in [9.17, 15) is 10.2 Å². The molecule has 1 fully saturated rings. The molecule has 42 heavy (non-hydrogen) atoms. The van der Waals surface area contributed by atoms with Gasteiger partial charge in [0.25, 0.3) is 0 Å². The van der Waals surface area contributed by atoms with Crippen LogP contribution in [0.2, 0.25) is 0 Å². The van der Waals surface area contributed by atoms with Gasteiger partial charge in [0.05, 0.1) is 13.2 Å². The summed E-state index contributed by atoms with van der Waals surface area (Å²) in [5, 5.41) is 21.2. The van der Waals surface area contributed by atoms with Crippen molar-refractivity contribution in [3.05, 3.63) is 34.9 Å². The molecular formula is C36H66O6. The predicted octanol–water partition coefficient (Wildman–Crippen LogP) is 8.17. The molecule has 0 radical (unpaired) electrons. The molecule has 1 aliphatic rings. The summed E-state index contributed by atoms with van der Waals surface area (Å²) in [6, 6.07) is 0. The normalized spacial score (nSPS) is 24.5. The maximum absolute atomic E-state index is 11.2. The minimum Gasteiger partial charge on any atom is -0.394 e. The SMILES string of the molecule is CC(C)=CCCC(C)CCOC1O[C@H](CO)[C@@H](O)[C@H](OCCC(C)CCC=C(C)C)[C@H]1OCCC(C)CCC=C(C)C. The van der Waals surface area contributed by atoms with Gasteiger partial charge in [0.1, 0.15) is 24.4 Å².